The molecule has 8 heterocycles. The molecule has 20 rings (SSSR count). The number of piperidine rings is 2. The minimum Gasteiger partial charge on any atom is -0.480 e. The van der Waals surface area contributed by atoms with Crippen LogP contribution < -0.4 is 26.6 Å². The van der Waals surface area contributed by atoms with Crippen LogP contribution in [0.1, 0.15) is 162 Å². The van der Waals surface area contributed by atoms with Crippen LogP contribution in [0.25, 0.3) is 67.0 Å². The largest absolute Gasteiger partial charge is 0.480 e. The van der Waals surface area contributed by atoms with Crippen molar-refractivity contribution in [2.45, 2.75) is 190 Å². The number of benzene rings is 6. The molecule has 12 aliphatic rings. The number of carboxylic acid groups (broad SMARTS) is 1. The van der Waals surface area contributed by atoms with Gasteiger partial charge in [-0.15, -0.1) is 0 Å². The molecule has 6 aliphatic carbocycles. The second-order valence-electron chi connectivity index (χ2n) is 39.1. The predicted octanol–water partition coefficient (Wildman–Crippen LogP) is 14.0. The van der Waals surface area contributed by atoms with Gasteiger partial charge in [0.2, 0.25) is 17.7 Å². The van der Waals surface area contributed by atoms with Crippen LogP contribution in [0.5, 0.6) is 0 Å². The summed E-state index contributed by atoms with van der Waals surface area (Å²) in [5.41, 5.74) is 12.8. The molecule has 4 saturated carbocycles. The number of carbonyl (C=O) groups excluding carboxylic acids is 7. The summed E-state index contributed by atoms with van der Waals surface area (Å²) in [6.45, 7) is 8.63. The first-order chi connectivity index (χ1) is 64.1. The number of aromatic nitrogens is 4. The Morgan fingerprint density at radius 2 is 0.881 bits per heavy atom. The summed E-state index contributed by atoms with van der Waals surface area (Å²) in [5.74, 6) is -8.43. The van der Waals surface area contributed by atoms with Crippen molar-refractivity contribution < 1.29 is 96.8 Å². The SMILES string of the molecule is COC(=O)NC(CS(C)(=O)=O)C(=O)O.COC(=O)N[C@@H](CS(C)(=O)=O)C(=O)N1[C@@H]2CC[C@@H](C2)[C@H]1C1=Nc2ccc(-c3ccc4c(c3)C(F)(F)c3cc(-c5cnc([C@@H]6CC7(CC7)CN6C(=O)[C@@H](NC(=O)OC)C(C)C)[nH]5)ccc3-4)cc2C1.COC(=O)N[C@H](C(=O)N1CC2(CC2)C[C@H]1c1ncc(-c2ccc3c(c2)C(F)(F)c2cc(-c4ccc5c(c4)CC([C@H]4N[C@@H]6CC[C@H]4C6)=N5)ccc2-3)[nH]1)C(C)C. The number of H-pyrrole nitrogens is 2. The number of amides is 7. The number of likely N-dealkylation sites (tertiary alicyclic amines) is 3. The highest BCUT2D eigenvalue weighted by Crippen LogP contribution is 2.61. The number of methoxy groups -OCH3 is 4. The molecule has 712 valence electrons. The molecule has 4 bridgehead atoms. The third kappa shape index (κ3) is 18.2. The molecule has 7 amide bonds. The lowest BCUT2D eigenvalue weighted by Crippen LogP contribution is -2.58. The highest BCUT2D eigenvalue weighted by atomic mass is 32.2. The molecule has 12 atom stereocenters. The number of alkyl carbamates (subject to hydrolysis) is 4. The first kappa shape index (κ1) is 93.0. The van der Waals surface area contributed by atoms with E-state index in [4.69, 9.17) is 34.3 Å². The minimum atomic E-state index is -3.65. The number of hydrogen-bond donors (Lipinski definition) is 8. The lowest BCUT2D eigenvalue weighted by Gasteiger charge is -2.37. The summed E-state index contributed by atoms with van der Waals surface area (Å²) in [5, 5.41) is 22.0. The molecule has 6 aromatic carbocycles. The van der Waals surface area contributed by atoms with E-state index >= 15 is 17.6 Å². The number of hydrogen-bond acceptors (Lipinski definition) is 21. The molecule has 2 spiro atoms. The monoisotopic (exact) mass is 1890 g/mol. The van der Waals surface area contributed by atoms with Gasteiger partial charge in [0.05, 0.1) is 93.2 Å². The Morgan fingerprint density at radius 3 is 1.29 bits per heavy atom. The fourth-order valence-electron chi connectivity index (χ4n) is 22.0. The van der Waals surface area contributed by atoms with E-state index in [1.807, 2.05) is 92.5 Å². The number of nitrogens with zero attached hydrogens (tertiary/aromatic N) is 7. The number of nitrogens with one attached hydrogen (secondary N) is 7. The van der Waals surface area contributed by atoms with Crippen molar-refractivity contribution >= 4 is 90.5 Å². The number of aliphatic imine (C=N–C) groups is 2. The van der Waals surface area contributed by atoms with Gasteiger partial charge in [-0.1, -0.05) is 88.4 Å². The number of halogens is 4. The lowest BCUT2D eigenvalue weighted by atomic mass is 9.91. The van der Waals surface area contributed by atoms with Crippen LogP contribution in [0.3, 0.4) is 0 Å². The summed E-state index contributed by atoms with van der Waals surface area (Å²) >= 11 is 0. The molecule has 1 unspecified atom stereocenters. The van der Waals surface area contributed by atoms with Gasteiger partial charge in [-0.25, -0.2) is 50.8 Å². The quantitative estimate of drug-likeness (QED) is 0.0231. The van der Waals surface area contributed by atoms with Gasteiger partial charge in [-0.3, -0.25) is 24.4 Å². The number of aliphatic carboxylic acids is 1. The zero-order valence-corrected chi connectivity index (χ0v) is 77.9. The van der Waals surface area contributed by atoms with Crippen molar-refractivity contribution in [1.82, 2.24) is 61.2 Å². The van der Waals surface area contributed by atoms with Crippen LogP contribution in [-0.4, -0.2) is 230 Å². The Balaban J connectivity index is 0.000000160. The topological polar surface area (TPSA) is 414 Å². The van der Waals surface area contributed by atoms with Crippen LogP contribution in [0.15, 0.2) is 132 Å². The van der Waals surface area contributed by atoms with Gasteiger partial charge in [0, 0.05) is 101 Å². The fraction of sp³-hybridized carbons (Fsp3) is 0.469. The van der Waals surface area contributed by atoms with Crippen LogP contribution in [0.2, 0.25) is 0 Å². The molecule has 8 N–H and O–H groups in total. The van der Waals surface area contributed by atoms with Crippen LogP contribution in [0.4, 0.5) is 48.1 Å². The molecule has 0 radical (unpaired) electrons. The van der Waals surface area contributed by atoms with Crippen LogP contribution >= 0.6 is 0 Å². The number of sulfone groups is 2. The average Bonchev–Trinajstić information content (AvgIpc) is 1.55. The van der Waals surface area contributed by atoms with E-state index in [0.29, 0.717) is 106 Å². The predicted molar refractivity (Wildman–Crippen MR) is 493 cm³/mol. The molecule has 31 nitrogen and oxygen atoms in total. The van der Waals surface area contributed by atoms with Gasteiger partial charge in [0.1, 0.15) is 55.5 Å². The second kappa shape index (κ2) is 35.4. The first-order valence-corrected chi connectivity index (χ1v) is 49.8. The van der Waals surface area contributed by atoms with Gasteiger partial charge < -0.3 is 75.3 Å². The number of ether oxygens (including phenoxy) is 4. The Hall–Kier alpha value is -12.4. The van der Waals surface area contributed by atoms with Gasteiger partial charge in [0.15, 0.2) is 0 Å². The average molecular weight is 1890 g/mol. The van der Waals surface area contributed by atoms with Crippen molar-refractivity contribution in [1.29, 1.82) is 0 Å². The molecule has 8 aromatic rings. The van der Waals surface area contributed by atoms with Crippen molar-refractivity contribution in [2.24, 2.45) is 44.5 Å². The van der Waals surface area contributed by atoms with E-state index in [1.54, 1.807) is 64.7 Å². The van der Waals surface area contributed by atoms with Gasteiger partial charge >= 0.3 is 30.3 Å². The van der Waals surface area contributed by atoms with Gasteiger partial charge in [-0.2, -0.15) is 17.6 Å². The van der Waals surface area contributed by atoms with E-state index in [0.717, 1.165) is 129 Å². The normalized spacial score (nSPS) is 23.1. The number of fused-ring (bicyclic) bond motifs is 12. The van der Waals surface area contributed by atoms with E-state index in [1.165, 1.54) is 45.3 Å². The van der Waals surface area contributed by atoms with E-state index in [9.17, 15) is 55.2 Å². The summed E-state index contributed by atoms with van der Waals surface area (Å²) in [4.78, 5) is 131. The highest BCUT2D eigenvalue weighted by molar-refractivity contribution is 7.91. The number of rotatable bonds is 22. The smallest absolute Gasteiger partial charge is 0.407 e. The number of aromatic amines is 2. The summed E-state index contributed by atoms with van der Waals surface area (Å²) < 4.78 is 131. The standard InChI is InChI=1S/C49H53F2N7O8S.C43H44F2N6O3.C6H11NO6S/c1-25(2)41(56-47(62)66-4)45(60)57-24-48(14-15-48)21-40(57)43-52-22-38(54-43)28-8-12-33-32-11-7-27(18-34(32)49(50,51)35(33)19-28)26-9-13-36-30(16-26)20-37(53-36)42-29-6-10-31(17-29)58(42)44(59)39(23-67(5,63)64)55-46(61)65-3;1-22(2)37(50-41(53)54-3)40(52)51-21-42(12-13-42)19-36(51)39-46-20-35(49-39)25-6-10-30-29-9-5-24(16-31(29)43(44,45)32(30)17-25)23-7-11-33-27(14-23)18-34(48-33)38-26-4-8-28(15-26)47-38;1-13-6(10)7-4(5(8)9)3-14(2,11)12/h7-9,11-13,16,18-19,22,25,29,31,39-42H,6,10,14-15,17,20-21,23-24H2,1-5H3,(H,52,54)(H,55,61)(H,56,62);5-7,9-11,14,16-17,20,22,26,28,36-38,47H,4,8,12-13,15,18-19,21H2,1-3H3,(H,46,49)(H,50,53);4H,3H2,1-2H3,(H,7,10)(H,8,9)/t29-,31+,39-,40-,41-,42-;26-,28+,36-,37-,38-;/m00./s1. The number of carboxylic acids is 1. The Bertz CT molecular complexity index is 6490. The van der Waals surface area contributed by atoms with Gasteiger partial charge in [0.25, 0.3) is 11.8 Å². The zero-order valence-electron chi connectivity index (χ0n) is 76.3. The molecule has 135 heavy (non-hydrogen) atoms. The highest BCUT2D eigenvalue weighted by Gasteiger charge is 2.59. The summed E-state index contributed by atoms with van der Waals surface area (Å²) in [6.07, 6.45) is 14.8. The number of alkyl halides is 4. The summed E-state index contributed by atoms with van der Waals surface area (Å²) in [6, 6.07) is 28.0. The van der Waals surface area contributed by atoms with E-state index in [2.05, 4.69) is 47.0 Å². The second-order valence-corrected chi connectivity index (χ2v) is 43.5. The molecule has 2 aromatic heterocycles. The van der Waals surface area contributed by atoms with Crippen molar-refractivity contribution in [3.05, 3.63) is 167 Å². The molecular formula is C98H108F4N14O17S2. The Morgan fingerprint density at radius 1 is 0.489 bits per heavy atom. The van der Waals surface area contributed by atoms with E-state index < -0.39 is 103 Å². The van der Waals surface area contributed by atoms with E-state index in [-0.39, 0.29) is 86.8 Å². The van der Waals surface area contributed by atoms with Gasteiger partial charge in [-0.05, 0) is 216 Å². The molecule has 6 aliphatic heterocycles. The molecule has 37 heteroatoms. The van der Waals surface area contributed by atoms with Crippen LogP contribution in [-0.2, 0) is 82.5 Å². The fourth-order valence-corrected chi connectivity index (χ4v) is 23.7. The Labute approximate surface area is 777 Å². The number of imidazole rings is 2. The lowest BCUT2D eigenvalue weighted by molar-refractivity contribution is -0.139. The number of carbonyl (C=O) groups is 8. The maximum absolute atomic E-state index is 16.7. The van der Waals surface area contributed by atoms with Crippen molar-refractivity contribution in [3.8, 4) is 67.0 Å². The van der Waals surface area contributed by atoms with Crippen molar-refractivity contribution in [3.63, 3.8) is 0 Å². The first-order valence-electron chi connectivity index (χ1n) is 45.6. The molecule has 4 saturated heterocycles. The molecule has 8 fully saturated rings. The third-order valence-electron chi connectivity index (χ3n) is 29.2. The maximum Gasteiger partial charge on any atom is 0.407 e. The third-order valence-corrected chi connectivity index (χ3v) is 31.1. The van der Waals surface area contributed by atoms with Crippen LogP contribution in [0, 0.1) is 34.5 Å². The molecular weight excluding hydrogens is 1790 g/mol. The maximum atomic E-state index is 16.7. The van der Waals surface area contributed by atoms with Crippen molar-refractivity contribution in [2.75, 3.05) is 65.5 Å². The Kier molecular flexibility index (Phi) is 24.4. The minimum absolute atomic E-state index is 0.00310. The summed E-state index contributed by atoms with van der Waals surface area (Å²) in [7, 11) is -2.39. The zero-order chi connectivity index (χ0) is 95.8.